The van der Waals surface area contributed by atoms with E-state index in [4.69, 9.17) is 4.74 Å². The molecule has 3 aromatic rings. The molecule has 2 heterocycles. The van der Waals surface area contributed by atoms with Gasteiger partial charge in [-0.25, -0.2) is 9.78 Å². The maximum Gasteiger partial charge on any atom is 0.340 e. The van der Waals surface area contributed by atoms with Crippen molar-refractivity contribution in [3.63, 3.8) is 0 Å². The molecule has 1 atom stereocenters. The Balaban J connectivity index is 1.87. The third-order valence-electron chi connectivity index (χ3n) is 4.31. The molecule has 0 saturated heterocycles. The summed E-state index contributed by atoms with van der Waals surface area (Å²) in [6.45, 7) is 1.82. The van der Waals surface area contributed by atoms with Gasteiger partial charge in [0, 0.05) is 0 Å². The first-order chi connectivity index (χ1) is 13.1. The molecule has 0 fully saturated rings. The van der Waals surface area contributed by atoms with Gasteiger partial charge >= 0.3 is 5.97 Å². The molecule has 1 aliphatic rings. The topological polar surface area (TPSA) is 79.7 Å². The number of thiazole rings is 1. The quantitative estimate of drug-likeness (QED) is 0.697. The number of rotatable bonds is 4. The standard InChI is InChI=1S/C20H16N2O4S/c1-2-26-19(25)15-16(12-8-4-3-5-9-12)22(18(24)17(15)23)20-21-13-10-6-7-11-14(13)27-20/h3-11,16,23H,2H2,1H3. The summed E-state index contributed by atoms with van der Waals surface area (Å²) in [4.78, 5) is 31.3. The Hall–Kier alpha value is -3.19. The van der Waals surface area contributed by atoms with Crippen LogP contribution in [0.25, 0.3) is 10.2 Å². The molecule has 0 saturated carbocycles. The smallest absolute Gasteiger partial charge is 0.340 e. The lowest BCUT2D eigenvalue weighted by Gasteiger charge is -2.24. The number of aromatic nitrogens is 1. The van der Waals surface area contributed by atoms with E-state index in [1.165, 1.54) is 16.2 Å². The van der Waals surface area contributed by atoms with Crippen molar-refractivity contribution in [2.75, 3.05) is 11.5 Å². The van der Waals surface area contributed by atoms with Crippen molar-refractivity contribution in [2.24, 2.45) is 0 Å². The van der Waals surface area contributed by atoms with Gasteiger partial charge in [-0.15, -0.1) is 0 Å². The largest absolute Gasteiger partial charge is 0.503 e. The van der Waals surface area contributed by atoms with Gasteiger partial charge in [-0.1, -0.05) is 53.8 Å². The molecule has 0 aliphatic carbocycles. The predicted octanol–water partition coefficient (Wildman–Crippen LogP) is 3.76. The number of nitrogens with zero attached hydrogens (tertiary/aromatic N) is 2. The third kappa shape index (κ3) is 2.86. The molecule has 27 heavy (non-hydrogen) atoms. The molecule has 1 aromatic heterocycles. The summed E-state index contributed by atoms with van der Waals surface area (Å²) in [5.74, 6) is -1.96. The number of anilines is 1. The fourth-order valence-corrected chi connectivity index (χ4v) is 4.13. The van der Waals surface area contributed by atoms with Crippen LogP contribution in [-0.4, -0.2) is 28.6 Å². The van der Waals surface area contributed by atoms with E-state index < -0.39 is 23.7 Å². The second-order valence-corrected chi connectivity index (χ2v) is 6.94. The fourth-order valence-electron chi connectivity index (χ4n) is 3.13. The summed E-state index contributed by atoms with van der Waals surface area (Å²) in [5, 5.41) is 10.9. The van der Waals surface area contributed by atoms with E-state index in [1.54, 1.807) is 19.1 Å². The van der Waals surface area contributed by atoms with Crippen LogP contribution in [0, 0.1) is 0 Å². The van der Waals surface area contributed by atoms with Crippen molar-refractivity contribution < 1.29 is 19.4 Å². The maximum atomic E-state index is 12.9. The monoisotopic (exact) mass is 380 g/mol. The van der Waals surface area contributed by atoms with Gasteiger partial charge in [0.2, 0.25) is 0 Å². The molecule has 136 valence electrons. The van der Waals surface area contributed by atoms with E-state index >= 15 is 0 Å². The Morgan fingerprint density at radius 3 is 2.59 bits per heavy atom. The number of esters is 1. The minimum absolute atomic E-state index is 0.0627. The number of carbonyl (C=O) groups is 2. The Morgan fingerprint density at radius 1 is 1.19 bits per heavy atom. The lowest BCUT2D eigenvalue weighted by Crippen LogP contribution is -2.31. The molecule has 0 bridgehead atoms. The van der Waals surface area contributed by atoms with Crippen molar-refractivity contribution in [1.29, 1.82) is 0 Å². The average Bonchev–Trinajstić information content (AvgIpc) is 3.22. The van der Waals surface area contributed by atoms with E-state index in [-0.39, 0.29) is 12.2 Å². The van der Waals surface area contributed by atoms with Crippen LogP contribution in [0.1, 0.15) is 18.5 Å². The van der Waals surface area contributed by atoms with Crippen LogP contribution in [0.3, 0.4) is 0 Å². The number of aliphatic hydroxyl groups excluding tert-OH is 1. The molecular weight excluding hydrogens is 364 g/mol. The zero-order chi connectivity index (χ0) is 19.0. The third-order valence-corrected chi connectivity index (χ3v) is 5.34. The zero-order valence-corrected chi connectivity index (χ0v) is 15.3. The Morgan fingerprint density at radius 2 is 1.89 bits per heavy atom. The summed E-state index contributed by atoms with van der Waals surface area (Å²) in [7, 11) is 0. The van der Waals surface area contributed by atoms with E-state index in [1.807, 2.05) is 42.5 Å². The number of hydrogen-bond donors (Lipinski definition) is 1. The van der Waals surface area contributed by atoms with Crippen LogP contribution in [0.15, 0.2) is 65.9 Å². The van der Waals surface area contributed by atoms with Crippen LogP contribution in [0.5, 0.6) is 0 Å². The second kappa shape index (κ2) is 6.85. The molecule has 6 nitrogen and oxygen atoms in total. The molecule has 1 amide bonds. The fraction of sp³-hybridized carbons (Fsp3) is 0.150. The van der Waals surface area contributed by atoms with E-state index in [2.05, 4.69) is 4.98 Å². The van der Waals surface area contributed by atoms with Crippen LogP contribution in [-0.2, 0) is 14.3 Å². The first-order valence-corrected chi connectivity index (χ1v) is 9.27. The number of aliphatic hydroxyl groups is 1. The Labute approximate surface area is 159 Å². The Bertz CT molecular complexity index is 1030. The highest BCUT2D eigenvalue weighted by atomic mass is 32.1. The van der Waals surface area contributed by atoms with Gasteiger partial charge in [-0.3, -0.25) is 9.69 Å². The molecule has 7 heteroatoms. The first kappa shape index (κ1) is 17.2. The molecule has 0 spiro atoms. The second-order valence-electron chi connectivity index (χ2n) is 5.94. The van der Waals surface area contributed by atoms with Crippen LogP contribution in [0.4, 0.5) is 5.13 Å². The van der Waals surface area contributed by atoms with Gasteiger partial charge in [0.15, 0.2) is 10.9 Å². The number of amides is 1. The Kier molecular flexibility index (Phi) is 4.37. The predicted molar refractivity (Wildman–Crippen MR) is 103 cm³/mol. The molecule has 4 rings (SSSR count). The first-order valence-electron chi connectivity index (χ1n) is 8.46. The van der Waals surface area contributed by atoms with Crippen molar-refractivity contribution in [3.8, 4) is 0 Å². The van der Waals surface area contributed by atoms with E-state index in [9.17, 15) is 14.7 Å². The highest BCUT2D eigenvalue weighted by Gasteiger charge is 2.46. The van der Waals surface area contributed by atoms with Gasteiger partial charge in [-0.05, 0) is 24.6 Å². The maximum absolute atomic E-state index is 12.9. The van der Waals surface area contributed by atoms with E-state index in [0.717, 1.165) is 10.2 Å². The van der Waals surface area contributed by atoms with Gasteiger partial charge in [-0.2, -0.15) is 0 Å². The highest BCUT2D eigenvalue weighted by Crippen LogP contribution is 2.43. The van der Waals surface area contributed by atoms with Crippen molar-refractivity contribution >= 4 is 38.6 Å². The molecule has 1 aliphatic heterocycles. The number of hydrogen-bond acceptors (Lipinski definition) is 6. The van der Waals surface area contributed by atoms with Crippen molar-refractivity contribution in [2.45, 2.75) is 13.0 Å². The van der Waals surface area contributed by atoms with Gasteiger partial charge in [0.05, 0.1) is 16.8 Å². The van der Waals surface area contributed by atoms with Crippen molar-refractivity contribution in [1.82, 2.24) is 4.98 Å². The molecule has 1 N–H and O–H groups in total. The highest BCUT2D eigenvalue weighted by molar-refractivity contribution is 7.22. The van der Waals surface area contributed by atoms with E-state index in [0.29, 0.717) is 10.7 Å². The normalized spacial score (nSPS) is 17.0. The number of carbonyl (C=O) groups excluding carboxylic acids is 2. The SMILES string of the molecule is CCOC(=O)C1=C(O)C(=O)N(c2nc3ccccc3s2)C1c1ccccc1. The number of benzene rings is 2. The average molecular weight is 380 g/mol. The molecule has 0 radical (unpaired) electrons. The summed E-state index contributed by atoms with van der Waals surface area (Å²) in [6.07, 6.45) is 0. The van der Waals surface area contributed by atoms with Gasteiger partial charge in [0.1, 0.15) is 11.6 Å². The van der Waals surface area contributed by atoms with Crippen LogP contribution >= 0.6 is 11.3 Å². The van der Waals surface area contributed by atoms with Gasteiger partial charge < -0.3 is 9.84 Å². The minimum Gasteiger partial charge on any atom is -0.503 e. The molecule has 2 aromatic carbocycles. The minimum atomic E-state index is -0.793. The number of para-hydroxylation sites is 1. The lowest BCUT2D eigenvalue weighted by atomic mass is 10.00. The summed E-state index contributed by atoms with van der Waals surface area (Å²) >= 11 is 1.33. The number of fused-ring (bicyclic) bond motifs is 1. The number of ether oxygens (including phenoxy) is 1. The summed E-state index contributed by atoms with van der Waals surface area (Å²) < 4.78 is 6.00. The summed E-state index contributed by atoms with van der Waals surface area (Å²) in [5.41, 5.74) is 1.38. The zero-order valence-electron chi connectivity index (χ0n) is 14.5. The lowest BCUT2D eigenvalue weighted by molar-refractivity contribution is -0.139. The van der Waals surface area contributed by atoms with Crippen LogP contribution < -0.4 is 4.90 Å². The van der Waals surface area contributed by atoms with Crippen molar-refractivity contribution in [3.05, 3.63) is 71.5 Å². The molecule has 1 unspecified atom stereocenters. The molecular formula is C20H16N2O4S. The van der Waals surface area contributed by atoms with Gasteiger partial charge in [0.25, 0.3) is 5.91 Å². The van der Waals surface area contributed by atoms with Crippen LogP contribution in [0.2, 0.25) is 0 Å². The summed E-state index contributed by atoms with van der Waals surface area (Å²) in [6, 6.07) is 15.8.